The molecule has 0 radical (unpaired) electrons. The number of piperazine rings is 1. The number of rotatable bonds is 7. The van der Waals surface area contributed by atoms with Crippen molar-refractivity contribution in [1.29, 1.82) is 0 Å². The summed E-state index contributed by atoms with van der Waals surface area (Å²) in [5.41, 5.74) is -1.11. The number of anilines is 1. The van der Waals surface area contributed by atoms with E-state index in [4.69, 9.17) is 0 Å². The molecule has 0 spiro atoms. The van der Waals surface area contributed by atoms with E-state index in [1.165, 1.54) is 18.2 Å². The van der Waals surface area contributed by atoms with Crippen LogP contribution in [0, 0.1) is 0 Å². The van der Waals surface area contributed by atoms with Crippen molar-refractivity contribution >= 4 is 17.5 Å². The Morgan fingerprint density at radius 1 is 1.04 bits per heavy atom. The van der Waals surface area contributed by atoms with Crippen LogP contribution < -0.4 is 10.6 Å². The van der Waals surface area contributed by atoms with Gasteiger partial charge in [-0.2, -0.15) is 13.2 Å². The van der Waals surface area contributed by atoms with E-state index >= 15 is 0 Å². The van der Waals surface area contributed by atoms with Crippen molar-refractivity contribution in [1.82, 2.24) is 15.1 Å². The SMILES string of the molecule is C=CCNC(=O)CN1CCN(CC(=O)Nc2ccccc2C(F)(F)F)CC1. The number of alkyl halides is 3. The lowest BCUT2D eigenvalue weighted by Crippen LogP contribution is -2.51. The van der Waals surface area contributed by atoms with Crippen LogP contribution in [0.3, 0.4) is 0 Å². The molecular formula is C18H23F3N4O2. The average molecular weight is 384 g/mol. The smallest absolute Gasteiger partial charge is 0.352 e. The first-order valence-electron chi connectivity index (χ1n) is 8.58. The summed E-state index contributed by atoms with van der Waals surface area (Å²) in [7, 11) is 0. The third-order valence-corrected chi connectivity index (χ3v) is 4.15. The van der Waals surface area contributed by atoms with Crippen molar-refractivity contribution in [2.24, 2.45) is 0 Å². The van der Waals surface area contributed by atoms with Crippen LogP contribution in [0.2, 0.25) is 0 Å². The molecule has 27 heavy (non-hydrogen) atoms. The van der Waals surface area contributed by atoms with Gasteiger partial charge < -0.3 is 10.6 Å². The van der Waals surface area contributed by atoms with Gasteiger partial charge in [-0.05, 0) is 12.1 Å². The summed E-state index contributed by atoms with van der Waals surface area (Å²) in [4.78, 5) is 27.6. The van der Waals surface area contributed by atoms with Crippen LogP contribution >= 0.6 is 0 Å². The van der Waals surface area contributed by atoms with Gasteiger partial charge in [0, 0.05) is 32.7 Å². The largest absolute Gasteiger partial charge is 0.418 e. The first-order chi connectivity index (χ1) is 12.8. The normalized spacial score (nSPS) is 16.0. The zero-order valence-electron chi connectivity index (χ0n) is 14.9. The van der Waals surface area contributed by atoms with Gasteiger partial charge in [-0.15, -0.1) is 6.58 Å². The lowest BCUT2D eigenvalue weighted by Gasteiger charge is -2.33. The third kappa shape index (κ3) is 6.69. The average Bonchev–Trinajstić information content (AvgIpc) is 2.61. The number of carbonyl (C=O) groups excluding carboxylic acids is 2. The third-order valence-electron chi connectivity index (χ3n) is 4.15. The minimum absolute atomic E-state index is 0.00267. The minimum Gasteiger partial charge on any atom is -0.352 e. The molecule has 1 aliphatic heterocycles. The second-order valence-electron chi connectivity index (χ2n) is 6.24. The number of hydrogen-bond donors (Lipinski definition) is 2. The van der Waals surface area contributed by atoms with Gasteiger partial charge in [0.25, 0.3) is 0 Å². The molecule has 2 rings (SSSR count). The molecule has 1 saturated heterocycles. The molecule has 1 heterocycles. The zero-order valence-corrected chi connectivity index (χ0v) is 14.9. The van der Waals surface area contributed by atoms with Crippen molar-refractivity contribution in [2.75, 3.05) is 51.1 Å². The Labute approximate surface area is 156 Å². The Balaban J connectivity index is 1.80. The molecule has 2 amide bonds. The van der Waals surface area contributed by atoms with Gasteiger partial charge in [-0.3, -0.25) is 19.4 Å². The molecule has 1 aromatic carbocycles. The van der Waals surface area contributed by atoms with Gasteiger partial charge in [0.2, 0.25) is 11.8 Å². The molecule has 148 valence electrons. The van der Waals surface area contributed by atoms with Crippen LogP contribution in [-0.2, 0) is 15.8 Å². The second kappa shape index (κ2) is 9.52. The van der Waals surface area contributed by atoms with Crippen molar-refractivity contribution < 1.29 is 22.8 Å². The van der Waals surface area contributed by atoms with Crippen LogP contribution in [0.25, 0.3) is 0 Å². The summed E-state index contributed by atoms with van der Waals surface area (Å²) in [6.07, 6.45) is -2.92. The molecule has 0 unspecified atom stereocenters. The molecule has 1 fully saturated rings. The van der Waals surface area contributed by atoms with Crippen molar-refractivity contribution in [3.8, 4) is 0 Å². The number of para-hydroxylation sites is 1. The summed E-state index contributed by atoms with van der Waals surface area (Å²) in [6, 6.07) is 4.90. The Morgan fingerprint density at radius 3 is 2.15 bits per heavy atom. The Hall–Kier alpha value is -2.39. The number of nitrogens with zero attached hydrogens (tertiary/aromatic N) is 2. The van der Waals surface area contributed by atoms with E-state index in [0.717, 1.165) is 6.07 Å². The van der Waals surface area contributed by atoms with E-state index in [-0.39, 0.29) is 24.7 Å². The molecular weight excluding hydrogens is 361 g/mol. The van der Waals surface area contributed by atoms with Crippen molar-refractivity contribution in [2.45, 2.75) is 6.18 Å². The van der Waals surface area contributed by atoms with Gasteiger partial charge in [-0.1, -0.05) is 18.2 Å². The fourth-order valence-corrected chi connectivity index (χ4v) is 2.78. The maximum absolute atomic E-state index is 13.0. The molecule has 2 N–H and O–H groups in total. The highest BCUT2D eigenvalue weighted by atomic mass is 19.4. The predicted molar refractivity (Wildman–Crippen MR) is 96.2 cm³/mol. The topological polar surface area (TPSA) is 64.7 Å². The summed E-state index contributed by atoms with van der Waals surface area (Å²) < 4.78 is 38.9. The van der Waals surface area contributed by atoms with Crippen LogP contribution in [0.15, 0.2) is 36.9 Å². The summed E-state index contributed by atoms with van der Waals surface area (Å²) >= 11 is 0. The Kier molecular flexibility index (Phi) is 7.37. The monoisotopic (exact) mass is 384 g/mol. The van der Waals surface area contributed by atoms with Crippen LogP contribution in [-0.4, -0.2) is 67.4 Å². The molecule has 0 aromatic heterocycles. The predicted octanol–water partition coefficient (Wildman–Crippen LogP) is 1.56. The molecule has 1 aromatic rings. The van der Waals surface area contributed by atoms with E-state index in [0.29, 0.717) is 32.7 Å². The number of nitrogens with one attached hydrogen (secondary N) is 2. The number of amides is 2. The quantitative estimate of drug-likeness (QED) is 0.701. The number of hydrogen-bond acceptors (Lipinski definition) is 4. The van der Waals surface area contributed by atoms with E-state index in [1.54, 1.807) is 6.08 Å². The second-order valence-corrected chi connectivity index (χ2v) is 6.24. The lowest BCUT2D eigenvalue weighted by atomic mass is 10.1. The van der Waals surface area contributed by atoms with Crippen LogP contribution in [0.1, 0.15) is 5.56 Å². The van der Waals surface area contributed by atoms with Gasteiger partial charge in [0.15, 0.2) is 0 Å². The number of carbonyl (C=O) groups is 2. The highest BCUT2D eigenvalue weighted by molar-refractivity contribution is 5.93. The fourth-order valence-electron chi connectivity index (χ4n) is 2.78. The van der Waals surface area contributed by atoms with Gasteiger partial charge in [0.1, 0.15) is 0 Å². The molecule has 0 atom stereocenters. The van der Waals surface area contributed by atoms with Gasteiger partial charge >= 0.3 is 6.18 Å². The maximum atomic E-state index is 13.0. The summed E-state index contributed by atoms with van der Waals surface area (Å²) in [5.74, 6) is -0.589. The number of benzene rings is 1. The van der Waals surface area contributed by atoms with E-state index < -0.39 is 17.6 Å². The highest BCUT2D eigenvalue weighted by Crippen LogP contribution is 2.34. The summed E-state index contributed by atoms with van der Waals surface area (Å²) in [5, 5.41) is 5.04. The van der Waals surface area contributed by atoms with Crippen molar-refractivity contribution in [3.63, 3.8) is 0 Å². The molecule has 0 bridgehead atoms. The van der Waals surface area contributed by atoms with Gasteiger partial charge in [0.05, 0.1) is 24.3 Å². The minimum atomic E-state index is -4.53. The Bertz CT molecular complexity index is 671. The van der Waals surface area contributed by atoms with Gasteiger partial charge in [-0.25, -0.2) is 0 Å². The molecule has 9 heteroatoms. The van der Waals surface area contributed by atoms with E-state index in [9.17, 15) is 22.8 Å². The van der Waals surface area contributed by atoms with Crippen LogP contribution in [0.4, 0.5) is 18.9 Å². The lowest BCUT2D eigenvalue weighted by molar-refractivity contribution is -0.137. The van der Waals surface area contributed by atoms with Crippen molar-refractivity contribution in [3.05, 3.63) is 42.5 Å². The molecule has 6 nitrogen and oxygen atoms in total. The fraction of sp³-hybridized carbons (Fsp3) is 0.444. The maximum Gasteiger partial charge on any atom is 0.418 e. The standard InChI is InChI=1S/C18H23F3N4O2/c1-2-7-22-16(26)12-24-8-10-25(11-9-24)13-17(27)23-15-6-4-3-5-14(15)18(19,20)21/h2-6H,1,7-13H2,(H,22,26)(H,23,27). The first kappa shape index (κ1) is 20.9. The van der Waals surface area contributed by atoms with E-state index in [1.807, 2.05) is 9.80 Å². The van der Waals surface area contributed by atoms with E-state index in [2.05, 4.69) is 17.2 Å². The highest BCUT2D eigenvalue weighted by Gasteiger charge is 2.33. The first-order valence-corrected chi connectivity index (χ1v) is 8.58. The zero-order chi connectivity index (χ0) is 19.9. The molecule has 0 aliphatic carbocycles. The van der Waals surface area contributed by atoms with Crippen LogP contribution in [0.5, 0.6) is 0 Å². The molecule has 1 aliphatic rings. The Morgan fingerprint density at radius 2 is 1.59 bits per heavy atom. The summed E-state index contributed by atoms with van der Waals surface area (Å²) in [6.45, 7) is 6.55. The number of halogens is 3. The molecule has 0 saturated carbocycles.